The van der Waals surface area contributed by atoms with Crippen LogP contribution in [0.1, 0.15) is 35.8 Å². The van der Waals surface area contributed by atoms with Gasteiger partial charge in [-0.3, -0.25) is 5.32 Å². The molecule has 0 saturated heterocycles. The third-order valence-corrected chi connectivity index (χ3v) is 5.51. The smallest absolute Gasteiger partial charge is 0.162 e. The normalized spacial score (nSPS) is 18.4. The van der Waals surface area contributed by atoms with Crippen LogP contribution in [0.25, 0.3) is 5.70 Å². The molecule has 6 heteroatoms. The molecule has 0 aromatic heterocycles. The van der Waals surface area contributed by atoms with Crippen molar-refractivity contribution in [3.8, 4) is 11.5 Å². The summed E-state index contributed by atoms with van der Waals surface area (Å²) in [4.78, 5) is 0. The lowest BCUT2D eigenvalue weighted by Crippen LogP contribution is -2.39. The van der Waals surface area contributed by atoms with Crippen LogP contribution in [0.5, 0.6) is 11.5 Å². The van der Waals surface area contributed by atoms with Crippen molar-refractivity contribution in [2.24, 2.45) is 0 Å². The van der Waals surface area contributed by atoms with Gasteiger partial charge < -0.3 is 15.2 Å². The quantitative estimate of drug-likeness (QED) is 0.450. The number of phenolic OH excluding ortho intramolecular Hbond substituents is 1. The molecule has 2 unspecified atom stereocenters. The number of hydrogen-bond donors (Lipinski definition) is 3. The van der Waals surface area contributed by atoms with Crippen molar-refractivity contribution in [1.29, 1.82) is 0 Å². The number of para-hydroxylation sites is 1. The minimum atomic E-state index is -0.238. The van der Waals surface area contributed by atoms with Gasteiger partial charge in [-0.1, -0.05) is 59.6 Å². The Morgan fingerprint density at radius 2 is 1.60 bits per heavy atom. The van der Waals surface area contributed by atoms with E-state index in [1.807, 2.05) is 67.6 Å². The minimum absolute atomic E-state index is 0.139. The summed E-state index contributed by atoms with van der Waals surface area (Å²) in [6.45, 7) is 2.37. The topological polar surface area (TPSA) is 53.5 Å². The highest BCUT2D eigenvalue weighted by atomic mass is 35.5. The van der Waals surface area contributed by atoms with E-state index in [1.54, 1.807) is 6.07 Å². The van der Waals surface area contributed by atoms with Crippen LogP contribution < -0.4 is 15.4 Å². The third-order valence-electron chi connectivity index (χ3n) is 5.00. The first-order valence-electron chi connectivity index (χ1n) is 9.75. The minimum Gasteiger partial charge on any atom is -0.504 e. The lowest BCUT2D eigenvalue weighted by molar-refractivity contribution is 0.314. The Labute approximate surface area is 186 Å². The van der Waals surface area contributed by atoms with Gasteiger partial charge in [0.2, 0.25) is 0 Å². The van der Waals surface area contributed by atoms with Crippen molar-refractivity contribution in [2.45, 2.75) is 19.1 Å². The van der Waals surface area contributed by atoms with Crippen LogP contribution in [-0.4, -0.2) is 11.7 Å². The largest absolute Gasteiger partial charge is 0.504 e. The van der Waals surface area contributed by atoms with E-state index in [1.165, 1.54) is 0 Å². The van der Waals surface area contributed by atoms with Crippen molar-refractivity contribution in [3.63, 3.8) is 0 Å². The average Bonchev–Trinajstić information content (AvgIpc) is 2.76. The van der Waals surface area contributed by atoms with Crippen molar-refractivity contribution >= 4 is 28.9 Å². The van der Waals surface area contributed by atoms with Crippen LogP contribution in [0, 0.1) is 0 Å². The summed E-state index contributed by atoms with van der Waals surface area (Å²) in [6, 6.07) is 20.7. The lowest BCUT2D eigenvalue weighted by atomic mass is 9.97. The van der Waals surface area contributed by atoms with Gasteiger partial charge in [0.15, 0.2) is 11.5 Å². The number of ether oxygens (including phenoxy) is 1. The Morgan fingerprint density at radius 1 is 0.933 bits per heavy atom. The predicted octanol–water partition coefficient (Wildman–Crippen LogP) is 6.07. The van der Waals surface area contributed by atoms with E-state index in [0.29, 0.717) is 22.4 Å². The molecule has 1 aliphatic heterocycles. The summed E-state index contributed by atoms with van der Waals surface area (Å²) >= 11 is 12.1. The van der Waals surface area contributed by atoms with E-state index in [9.17, 15) is 5.11 Å². The lowest BCUT2D eigenvalue weighted by Gasteiger charge is -2.33. The van der Waals surface area contributed by atoms with Gasteiger partial charge in [0, 0.05) is 21.3 Å². The number of phenols is 1. The molecule has 0 spiro atoms. The van der Waals surface area contributed by atoms with Gasteiger partial charge in [-0.05, 0) is 54.5 Å². The summed E-state index contributed by atoms with van der Waals surface area (Å²) in [6.07, 6.45) is 1.87. The molecular formula is C24H22Cl2N2O2. The molecule has 3 aromatic rings. The first-order chi connectivity index (χ1) is 14.5. The summed E-state index contributed by atoms with van der Waals surface area (Å²) < 4.78 is 5.57. The number of rotatable bonds is 5. The molecule has 0 saturated carbocycles. The van der Waals surface area contributed by atoms with Crippen LogP contribution in [-0.2, 0) is 0 Å². The van der Waals surface area contributed by atoms with Crippen molar-refractivity contribution in [3.05, 3.63) is 99.5 Å². The maximum atomic E-state index is 10.8. The van der Waals surface area contributed by atoms with E-state index < -0.39 is 0 Å². The molecule has 0 amide bonds. The van der Waals surface area contributed by atoms with Gasteiger partial charge >= 0.3 is 0 Å². The zero-order valence-corrected chi connectivity index (χ0v) is 17.9. The standard InChI is InChI=1S/C24H22Cl2N2O2/c1-2-30-22-5-3-4-19(23(22)29)21-14-20(15-6-10-17(25)11-7-15)27-24(28-21)16-8-12-18(26)13-9-16/h3-14,21,24,27-29H,2H2,1H3. The van der Waals surface area contributed by atoms with Crippen LogP contribution in [0.4, 0.5) is 0 Å². The van der Waals surface area contributed by atoms with Gasteiger partial charge in [-0.15, -0.1) is 0 Å². The van der Waals surface area contributed by atoms with Gasteiger partial charge in [0.25, 0.3) is 0 Å². The second kappa shape index (κ2) is 9.00. The molecule has 3 aromatic carbocycles. The number of aromatic hydroxyl groups is 1. The Balaban J connectivity index is 1.75. The van der Waals surface area contributed by atoms with Crippen molar-refractivity contribution < 1.29 is 9.84 Å². The van der Waals surface area contributed by atoms with Crippen LogP contribution >= 0.6 is 23.2 Å². The van der Waals surface area contributed by atoms with Crippen LogP contribution in [0.15, 0.2) is 72.8 Å². The van der Waals surface area contributed by atoms with Crippen molar-refractivity contribution in [1.82, 2.24) is 10.6 Å². The fraction of sp³-hybridized carbons (Fsp3) is 0.167. The SMILES string of the molecule is CCOc1cccc(C2C=C(c3ccc(Cl)cc3)NC(c3ccc(Cl)cc3)N2)c1O. The first-order valence-corrected chi connectivity index (χ1v) is 10.5. The molecule has 4 nitrogen and oxygen atoms in total. The number of hydrogen-bond acceptors (Lipinski definition) is 4. The monoisotopic (exact) mass is 440 g/mol. The molecule has 0 fully saturated rings. The summed E-state index contributed by atoms with van der Waals surface area (Å²) in [5.41, 5.74) is 3.72. The average molecular weight is 441 g/mol. The Morgan fingerprint density at radius 3 is 2.27 bits per heavy atom. The first kappa shape index (κ1) is 20.6. The third kappa shape index (κ3) is 4.41. The molecule has 2 atom stereocenters. The number of nitrogens with one attached hydrogen (secondary N) is 2. The molecule has 30 heavy (non-hydrogen) atoms. The highest BCUT2D eigenvalue weighted by molar-refractivity contribution is 6.30. The fourth-order valence-corrected chi connectivity index (χ4v) is 3.78. The maximum Gasteiger partial charge on any atom is 0.162 e. The van der Waals surface area contributed by atoms with Gasteiger partial charge in [-0.2, -0.15) is 0 Å². The molecule has 0 aliphatic carbocycles. The van der Waals surface area contributed by atoms with Gasteiger partial charge in [0.1, 0.15) is 6.17 Å². The van der Waals surface area contributed by atoms with E-state index in [-0.39, 0.29) is 18.0 Å². The van der Waals surface area contributed by atoms with E-state index in [0.717, 1.165) is 22.4 Å². The maximum absolute atomic E-state index is 10.8. The molecule has 0 bridgehead atoms. The molecular weight excluding hydrogens is 419 g/mol. The molecule has 1 heterocycles. The summed E-state index contributed by atoms with van der Waals surface area (Å²) in [5, 5.41) is 19.3. The summed E-state index contributed by atoms with van der Waals surface area (Å²) in [5.74, 6) is 0.611. The second-order valence-electron chi connectivity index (χ2n) is 6.99. The van der Waals surface area contributed by atoms with Gasteiger partial charge in [-0.25, -0.2) is 0 Å². The zero-order chi connectivity index (χ0) is 21.1. The molecule has 0 radical (unpaired) electrons. The Hall–Kier alpha value is -2.66. The van der Waals surface area contributed by atoms with Crippen LogP contribution in [0.3, 0.4) is 0 Å². The fourth-order valence-electron chi connectivity index (χ4n) is 3.53. The zero-order valence-electron chi connectivity index (χ0n) is 16.4. The summed E-state index contributed by atoms with van der Waals surface area (Å²) in [7, 11) is 0. The molecule has 3 N–H and O–H groups in total. The predicted molar refractivity (Wildman–Crippen MR) is 122 cm³/mol. The number of benzene rings is 3. The number of halogens is 2. The van der Waals surface area contributed by atoms with E-state index >= 15 is 0 Å². The molecule has 4 rings (SSSR count). The Kier molecular flexibility index (Phi) is 6.18. The van der Waals surface area contributed by atoms with E-state index in [2.05, 4.69) is 16.7 Å². The van der Waals surface area contributed by atoms with Gasteiger partial charge in [0.05, 0.1) is 12.6 Å². The van der Waals surface area contributed by atoms with E-state index in [4.69, 9.17) is 27.9 Å². The Bertz CT molecular complexity index is 1050. The molecule has 1 aliphatic rings. The second-order valence-corrected chi connectivity index (χ2v) is 7.86. The highest BCUT2D eigenvalue weighted by Crippen LogP contribution is 2.38. The molecule has 154 valence electrons. The van der Waals surface area contributed by atoms with Crippen molar-refractivity contribution in [2.75, 3.05) is 6.61 Å². The highest BCUT2D eigenvalue weighted by Gasteiger charge is 2.26. The van der Waals surface area contributed by atoms with Crippen LogP contribution in [0.2, 0.25) is 10.0 Å².